The van der Waals surface area contributed by atoms with Crippen LogP contribution in [0.1, 0.15) is 42.1 Å². The van der Waals surface area contributed by atoms with Crippen LogP contribution in [0.25, 0.3) is 0 Å². The molecule has 43 heavy (non-hydrogen) atoms. The highest BCUT2D eigenvalue weighted by atomic mass is 16.5. The minimum atomic E-state index is -0.762. The molecule has 0 aromatic heterocycles. The SMILES string of the molecule is CCOC(=O)C1=C(C)NC(=O)N[C@@H]1c1ccc(OCC(=O)N/N=C\c2ccc(OCc3ccc(C)cc3)cc2)c(OC)c1. The quantitative estimate of drug-likeness (QED) is 0.164. The van der Waals surface area contributed by atoms with Crippen LogP contribution in [0.4, 0.5) is 4.79 Å². The van der Waals surface area contributed by atoms with E-state index in [-0.39, 0.29) is 18.8 Å². The lowest BCUT2D eigenvalue weighted by molar-refractivity contribution is -0.139. The van der Waals surface area contributed by atoms with Crippen LogP contribution in [0.15, 0.2) is 83.1 Å². The maximum absolute atomic E-state index is 12.6. The number of aryl methyl sites for hydroxylation is 1. The zero-order chi connectivity index (χ0) is 30.8. The lowest BCUT2D eigenvalue weighted by atomic mass is 9.95. The summed E-state index contributed by atoms with van der Waals surface area (Å²) in [6.07, 6.45) is 1.51. The molecule has 0 fully saturated rings. The first-order chi connectivity index (χ1) is 20.8. The van der Waals surface area contributed by atoms with E-state index in [9.17, 15) is 14.4 Å². The van der Waals surface area contributed by atoms with Crippen LogP contribution in [-0.4, -0.2) is 44.4 Å². The van der Waals surface area contributed by atoms with Crippen molar-refractivity contribution >= 4 is 24.1 Å². The van der Waals surface area contributed by atoms with Gasteiger partial charge in [0, 0.05) is 5.70 Å². The molecule has 1 atom stereocenters. The van der Waals surface area contributed by atoms with Crippen molar-refractivity contribution in [2.45, 2.75) is 33.4 Å². The minimum Gasteiger partial charge on any atom is -0.493 e. The van der Waals surface area contributed by atoms with E-state index < -0.39 is 23.9 Å². The first-order valence-electron chi connectivity index (χ1n) is 13.6. The van der Waals surface area contributed by atoms with Gasteiger partial charge in [-0.2, -0.15) is 5.10 Å². The number of nitrogens with one attached hydrogen (secondary N) is 3. The fourth-order valence-electron chi connectivity index (χ4n) is 4.26. The van der Waals surface area contributed by atoms with Crippen LogP contribution in [0.2, 0.25) is 0 Å². The number of carbonyl (C=O) groups is 3. The average Bonchev–Trinajstić information content (AvgIpc) is 3.00. The summed E-state index contributed by atoms with van der Waals surface area (Å²) in [7, 11) is 1.45. The molecule has 0 bridgehead atoms. The van der Waals surface area contributed by atoms with Gasteiger partial charge in [-0.1, -0.05) is 35.9 Å². The van der Waals surface area contributed by atoms with Crippen molar-refractivity contribution in [2.75, 3.05) is 20.3 Å². The van der Waals surface area contributed by atoms with Crippen molar-refractivity contribution in [1.29, 1.82) is 0 Å². The maximum atomic E-state index is 12.6. The second kappa shape index (κ2) is 14.5. The number of benzene rings is 3. The lowest BCUT2D eigenvalue weighted by Gasteiger charge is -2.28. The Hall–Kier alpha value is -5.32. The van der Waals surface area contributed by atoms with Gasteiger partial charge in [-0.15, -0.1) is 0 Å². The van der Waals surface area contributed by atoms with E-state index in [1.165, 1.54) is 18.9 Å². The minimum absolute atomic E-state index is 0.189. The van der Waals surface area contributed by atoms with E-state index in [4.69, 9.17) is 18.9 Å². The van der Waals surface area contributed by atoms with Crippen LogP contribution in [0.3, 0.4) is 0 Å². The largest absolute Gasteiger partial charge is 0.493 e. The highest BCUT2D eigenvalue weighted by molar-refractivity contribution is 5.95. The van der Waals surface area contributed by atoms with E-state index >= 15 is 0 Å². The Kier molecular flexibility index (Phi) is 10.4. The predicted molar refractivity (Wildman–Crippen MR) is 160 cm³/mol. The van der Waals surface area contributed by atoms with Crippen LogP contribution in [-0.2, 0) is 20.9 Å². The van der Waals surface area contributed by atoms with Crippen molar-refractivity contribution in [3.05, 3.63) is 100 Å². The van der Waals surface area contributed by atoms with Gasteiger partial charge in [-0.3, -0.25) is 4.79 Å². The number of amides is 3. The summed E-state index contributed by atoms with van der Waals surface area (Å²) in [5.41, 5.74) is 6.73. The van der Waals surface area contributed by atoms with Gasteiger partial charge in [0.1, 0.15) is 12.4 Å². The standard InChI is InChI=1S/C32H34N4O7/c1-5-41-31(38)29-21(3)34-32(39)35-30(29)24-12-15-26(27(16-24)40-4)43-19-28(37)36-33-17-22-10-13-25(14-11-22)42-18-23-8-6-20(2)7-9-23/h6-17,30H,5,18-19H2,1-4H3,(H,36,37)(H2,34,35,39)/b33-17-/t30-/m1/s1. The van der Waals surface area contributed by atoms with E-state index in [2.05, 4.69) is 21.2 Å². The van der Waals surface area contributed by atoms with Crippen molar-refractivity contribution in [3.63, 3.8) is 0 Å². The molecule has 1 heterocycles. The number of carbonyl (C=O) groups excluding carboxylic acids is 3. The summed E-state index contributed by atoms with van der Waals surface area (Å²) in [4.78, 5) is 37.1. The topological polar surface area (TPSA) is 137 Å². The Labute approximate surface area is 249 Å². The van der Waals surface area contributed by atoms with Gasteiger partial charge in [-0.25, -0.2) is 15.0 Å². The zero-order valence-corrected chi connectivity index (χ0v) is 24.4. The summed E-state index contributed by atoms with van der Waals surface area (Å²) in [6.45, 7) is 5.71. The Morgan fingerprint density at radius 2 is 1.72 bits per heavy atom. The molecular weight excluding hydrogens is 552 g/mol. The van der Waals surface area contributed by atoms with Gasteiger partial charge in [-0.05, 0) is 73.9 Å². The average molecular weight is 587 g/mol. The van der Waals surface area contributed by atoms with Crippen molar-refractivity contribution in [2.24, 2.45) is 5.10 Å². The highest BCUT2D eigenvalue weighted by Gasteiger charge is 2.32. The molecule has 3 N–H and O–H groups in total. The third kappa shape index (κ3) is 8.35. The Bertz CT molecular complexity index is 1520. The molecule has 0 radical (unpaired) electrons. The van der Waals surface area contributed by atoms with Gasteiger partial charge in [0.05, 0.1) is 31.5 Å². The lowest BCUT2D eigenvalue weighted by Crippen LogP contribution is -2.45. The molecule has 4 rings (SSSR count). The first-order valence-corrected chi connectivity index (χ1v) is 13.6. The summed E-state index contributed by atoms with van der Waals surface area (Å²) in [5.74, 6) is 0.309. The van der Waals surface area contributed by atoms with E-state index in [1.807, 2.05) is 55.5 Å². The number of urea groups is 1. The van der Waals surface area contributed by atoms with Gasteiger partial charge in [0.15, 0.2) is 18.1 Å². The van der Waals surface area contributed by atoms with Gasteiger partial charge < -0.3 is 29.6 Å². The molecule has 3 aromatic rings. The third-order valence-electron chi connectivity index (χ3n) is 6.45. The molecule has 0 saturated carbocycles. The number of hydrogen-bond acceptors (Lipinski definition) is 8. The molecule has 1 aliphatic rings. The third-order valence-corrected chi connectivity index (χ3v) is 6.45. The van der Waals surface area contributed by atoms with E-state index in [1.54, 1.807) is 32.0 Å². The number of methoxy groups -OCH3 is 1. The van der Waals surface area contributed by atoms with E-state index in [0.717, 1.165) is 16.9 Å². The summed E-state index contributed by atoms with van der Waals surface area (Å²) in [5, 5.41) is 9.32. The number of ether oxygens (including phenoxy) is 4. The molecule has 11 nitrogen and oxygen atoms in total. The molecule has 0 aliphatic carbocycles. The Morgan fingerprint density at radius 1 is 0.977 bits per heavy atom. The van der Waals surface area contributed by atoms with Crippen LogP contribution >= 0.6 is 0 Å². The molecule has 3 amide bonds. The fourth-order valence-corrected chi connectivity index (χ4v) is 4.26. The number of hydrazone groups is 1. The molecule has 3 aromatic carbocycles. The molecular formula is C32H34N4O7. The van der Waals surface area contributed by atoms with Crippen molar-refractivity contribution in [1.82, 2.24) is 16.1 Å². The Morgan fingerprint density at radius 3 is 2.42 bits per heavy atom. The van der Waals surface area contributed by atoms with Gasteiger partial charge in [0.25, 0.3) is 5.91 Å². The maximum Gasteiger partial charge on any atom is 0.338 e. The molecule has 0 saturated heterocycles. The summed E-state index contributed by atoms with van der Waals surface area (Å²) in [6, 6.07) is 19.2. The van der Waals surface area contributed by atoms with E-state index in [0.29, 0.717) is 29.4 Å². The second-order valence-corrected chi connectivity index (χ2v) is 9.63. The van der Waals surface area contributed by atoms with Crippen LogP contribution in [0.5, 0.6) is 17.2 Å². The number of nitrogens with zero attached hydrogens (tertiary/aromatic N) is 1. The molecule has 1 aliphatic heterocycles. The molecule has 11 heteroatoms. The molecule has 0 unspecified atom stereocenters. The van der Waals surface area contributed by atoms with Crippen molar-refractivity contribution < 1.29 is 33.3 Å². The van der Waals surface area contributed by atoms with Crippen LogP contribution in [0, 0.1) is 6.92 Å². The monoisotopic (exact) mass is 586 g/mol. The summed E-state index contributed by atoms with van der Waals surface area (Å²) >= 11 is 0. The predicted octanol–water partition coefficient (Wildman–Crippen LogP) is 4.30. The molecule has 224 valence electrons. The van der Waals surface area contributed by atoms with Crippen molar-refractivity contribution in [3.8, 4) is 17.2 Å². The zero-order valence-electron chi connectivity index (χ0n) is 24.4. The van der Waals surface area contributed by atoms with Crippen LogP contribution < -0.4 is 30.3 Å². The van der Waals surface area contributed by atoms with Gasteiger partial charge >= 0.3 is 12.0 Å². The smallest absolute Gasteiger partial charge is 0.338 e. The van der Waals surface area contributed by atoms with Gasteiger partial charge in [0.2, 0.25) is 0 Å². The fraction of sp³-hybridized carbons (Fsp3) is 0.250. The first kappa shape index (κ1) is 30.6. The number of allylic oxidation sites excluding steroid dienone is 1. The number of rotatable bonds is 12. The molecule has 0 spiro atoms. The Balaban J connectivity index is 1.31. The second-order valence-electron chi connectivity index (χ2n) is 9.63. The number of hydrogen-bond donors (Lipinski definition) is 3. The normalized spacial score (nSPS) is 14.5. The highest BCUT2D eigenvalue weighted by Crippen LogP contribution is 2.34. The summed E-state index contributed by atoms with van der Waals surface area (Å²) < 4.78 is 22.1. The number of esters is 1.